The van der Waals surface area contributed by atoms with Gasteiger partial charge in [0.1, 0.15) is 5.02 Å². The van der Waals surface area contributed by atoms with Crippen LogP contribution in [0.25, 0.3) is 16.9 Å². The molecule has 19 heavy (non-hydrogen) atoms. The lowest BCUT2D eigenvalue weighted by Crippen LogP contribution is -2.10. The van der Waals surface area contributed by atoms with Crippen molar-refractivity contribution in [3.8, 4) is 11.3 Å². The molecule has 96 valence electrons. The molecule has 1 unspecified atom stereocenters. The average molecular weight is 273 g/mol. The SMILES string of the molecule is CC(N)c1cn2ncc(Cl)c2nc1-c1ccccc1. The van der Waals surface area contributed by atoms with E-state index in [2.05, 4.69) is 10.1 Å². The molecule has 1 atom stereocenters. The highest BCUT2D eigenvalue weighted by Crippen LogP contribution is 2.27. The molecule has 1 aromatic carbocycles. The molecule has 2 N–H and O–H groups in total. The fraction of sp³-hybridized carbons (Fsp3) is 0.143. The van der Waals surface area contributed by atoms with E-state index in [0.717, 1.165) is 16.8 Å². The van der Waals surface area contributed by atoms with E-state index in [-0.39, 0.29) is 6.04 Å². The van der Waals surface area contributed by atoms with Gasteiger partial charge in [-0.15, -0.1) is 0 Å². The van der Waals surface area contributed by atoms with Crippen molar-refractivity contribution in [3.05, 3.63) is 53.3 Å². The summed E-state index contributed by atoms with van der Waals surface area (Å²) < 4.78 is 1.66. The van der Waals surface area contributed by atoms with Crippen molar-refractivity contribution in [1.82, 2.24) is 14.6 Å². The summed E-state index contributed by atoms with van der Waals surface area (Å²) in [7, 11) is 0. The van der Waals surface area contributed by atoms with Gasteiger partial charge in [-0.25, -0.2) is 9.50 Å². The molecule has 2 aromatic heterocycles. The van der Waals surface area contributed by atoms with Crippen molar-refractivity contribution < 1.29 is 0 Å². The third-order valence-electron chi connectivity index (χ3n) is 3.02. The predicted octanol–water partition coefficient (Wildman–Crippen LogP) is 3.07. The summed E-state index contributed by atoms with van der Waals surface area (Å²) >= 11 is 6.09. The maximum Gasteiger partial charge on any atom is 0.174 e. The van der Waals surface area contributed by atoms with Gasteiger partial charge in [-0.2, -0.15) is 5.10 Å². The minimum absolute atomic E-state index is 0.130. The molecule has 3 rings (SSSR count). The van der Waals surface area contributed by atoms with Gasteiger partial charge < -0.3 is 5.73 Å². The molecule has 5 heteroatoms. The Balaban J connectivity index is 2.31. The van der Waals surface area contributed by atoms with Gasteiger partial charge in [0, 0.05) is 23.4 Å². The fourth-order valence-corrected chi connectivity index (χ4v) is 2.23. The highest BCUT2D eigenvalue weighted by molar-refractivity contribution is 6.33. The Morgan fingerprint density at radius 2 is 2.00 bits per heavy atom. The Hall–Kier alpha value is -1.91. The fourth-order valence-electron chi connectivity index (χ4n) is 2.06. The second kappa shape index (κ2) is 4.64. The number of hydrogen-bond donors (Lipinski definition) is 1. The first-order valence-corrected chi connectivity index (χ1v) is 6.39. The van der Waals surface area contributed by atoms with Crippen molar-refractivity contribution in [2.45, 2.75) is 13.0 Å². The molecule has 0 bridgehead atoms. The van der Waals surface area contributed by atoms with Crippen molar-refractivity contribution in [1.29, 1.82) is 0 Å². The third-order valence-corrected chi connectivity index (χ3v) is 3.28. The standard InChI is InChI=1S/C14H13ClN4/c1-9(16)11-8-19-14(12(15)7-17-19)18-13(11)10-5-3-2-4-6-10/h2-9H,16H2,1H3. The highest BCUT2D eigenvalue weighted by atomic mass is 35.5. The minimum Gasteiger partial charge on any atom is -0.324 e. The number of aromatic nitrogens is 3. The van der Waals surface area contributed by atoms with Gasteiger partial charge in [0.2, 0.25) is 0 Å². The van der Waals surface area contributed by atoms with Crippen molar-refractivity contribution >= 4 is 17.2 Å². The van der Waals surface area contributed by atoms with E-state index in [1.165, 1.54) is 0 Å². The highest BCUT2D eigenvalue weighted by Gasteiger charge is 2.14. The van der Waals surface area contributed by atoms with Crippen LogP contribution in [-0.2, 0) is 0 Å². The Kier molecular flexibility index (Phi) is 2.97. The van der Waals surface area contributed by atoms with Gasteiger partial charge in [-0.05, 0) is 6.92 Å². The lowest BCUT2D eigenvalue weighted by atomic mass is 10.0. The molecule has 3 aromatic rings. The summed E-state index contributed by atoms with van der Waals surface area (Å²) in [5.41, 5.74) is 9.50. The molecule has 0 aliphatic heterocycles. The lowest BCUT2D eigenvalue weighted by Gasteiger charge is -2.12. The van der Waals surface area contributed by atoms with E-state index >= 15 is 0 Å². The Labute approximate surface area is 115 Å². The van der Waals surface area contributed by atoms with Gasteiger partial charge in [0.25, 0.3) is 0 Å². The Bertz CT molecular complexity index is 719. The van der Waals surface area contributed by atoms with Crippen molar-refractivity contribution in [2.75, 3.05) is 0 Å². The van der Waals surface area contributed by atoms with Crippen LogP contribution in [0.4, 0.5) is 0 Å². The molecule has 0 fully saturated rings. The maximum atomic E-state index is 6.09. The number of nitrogens with zero attached hydrogens (tertiary/aromatic N) is 3. The summed E-state index contributed by atoms with van der Waals surface area (Å²) in [6.45, 7) is 1.93. The summed E-state index contributed by atoms with van der Waals surface area (Å²) in [5.74, 6) is 0. The van der Waals surface area contributed by atoms with Crippen LogP contribution in [0.5, 0.6) is 0 Å². The minimum atomic E-state index is -0.130. The Morgan fingerprint density at radius 3 is 2.68 bits per heavy atom. The van der Waals surface area contributed by atoms with Gasteiger partial charge in [0.15, 0.2) is 5.65 Å². The monoisotopic (exact) mass is 272 g/mol. The van der Waals surface area contributed by atoms with Crippen molar-refractivity contribution in [2.24, 2.45) is 5.73 Å². The van der Waals surface area contributed by atoms with Crippen LogP contribution < -0.4 is 5.73 Å². The lowest BCUT2D eigenvalue weighted by molar-refractivity contribution is 0.790. The zero-order chi connectivity index (χ0) is 13.4. The van der Waals surface area contributed by atoms with Crippen LogP contribution in [0, 0.1) is 0 Å². The van der Waals surface area contributed by atoms with Gasteiger partial charge in [0.05, 0.1) is 11.9 Å². The average Bonchev–Trinajstić information content (AvgIpc) is 2.79. The number of fused-ring (bicyclic) bond motifs is 1. The summed E-state index contributed by atoms with van der Waals surface area (Å²) in [5, 5.41) is 4.70. The van der Waals surface area contributed by atoms with Crippen LogP contribution in [0.1, 0.15) is 18.5 Å². The first-order chi connectivity index (χ1) is 9.16. The van der Waals surface area contributed by atoms with Crippen LogP contribution in [-0.4, -0.2) is 14.6 Å². The molecule has 0 radical (unpaired) electrons. The molecule has 0 saturated carbocycles. The zero-order valence-corrected chi connectivity index (χ0v) is 11.2. The zero-order valence-electron chi connectivity index (χ0n) is 10.4. The molecule has 0 amide bonds. The summed E-state index contributed by atoms with van der Waals surface area (Å²) in [6.07, 6.45) is 3.48. The smallest absolute Gasteiger partial charge is 0.174 e. The normalized spacial score (nSPS) is 12.8. The summed E-state index contributed by atoms with van der Waals surface area (Å²) in [6, 6.07) is 9.81. The van der Waals surface area contributed by atoms with E-state index in [1.807, 2.05) is 43.5 Å². The van der Waals surface area contributed by atoms with E-state index in [4.69, 9.17) is 17.3 Å². The van der Waals surface area contributed by atoms with Crippen LogP contribution >= 0.6 is 11.6 Å². The topological polar surface area (TPSA) is 56.2 Å². The van der Waals surface area contributed by atoms with Crippen LogP contribution in [0.2, 0.25) is 5.02 Å². The number of halogens is 1. The van der Waals surface area contributed by atoms with Gasteiger partial charge in [-0.1, -0.05) is 41.9 Å². The number of nitrogens with two attached hydrogens (primary N) is 1. The number of benzene rings is 1. The second-order valence-electron chi connectivity index (χ2n) is 4.46. The van der Waals surface area contributed by atoms with Gasteiger partial charge >= 0.3 is 0 Å². The number of rotatable bonds is 2. The third kappa shape index (κ3) is 2.09. The molecule has 0 saturated heterocycles. The van der Waals surface area contributed by atoms with Crippen LogP contribution in [0.3, 0.4) is 0 Å². The first-order valence-electron chi connectivity index (χ1n) is 6.01. The predicted molar refractivity (Wildman–Crippen MR) is 76.0 cm³/mol. The number of hydrogen-bond acceptors (Lipinski definition) is 3. The Morgan fingerprint density at radius 1 is 1.26 bits per heavy atom. The summed E-state index contributed by atoms with van der Waals surface area (Å²) in [4.78, 5) is 4.61. The quantitative estimate of drug-likeness (QED) is 0.780. The second-order valence-corrected chi connectivity index (χ2v) is 4.87. The molecule has 4 nitrogen and oxygen atoms in total. The van der Waals surface area contributed by atoms with Crippen LogP contribution in [0.15, 0.2) is 42.7 Å². The van der Waals surface area contributed by atoms with E-state index in [0.29, 0.717) is 10.7 Å². The molecular weight excluding hydrogens is 260 g/mol. The van der Waals surface area contributed by atoms with Crippen molar-refractivity contribution in [3.63, 3.8) is 0 Å². The molecule has 0 aliphatic carbocycles. The molecular formula is C14H13ClN4. The molecule has 0 aliphatic rings. The van der Waals surface area contributed by atoms with E-state index in [1.54, 1.807) is 10.7 Å². The first kappa shape index (κ1) is 12.1. The van der Waals surface area contributed by atoms with Gasteiger partial charge in [-0.3, -0.25) is 0 Å². The maximum absolute atomic E-state index is 6.09. The molecule has 0 spiro atoms. The van der Waals surface area contributed by atoms with E-state index < -0.39 is 0 Å². The largest absolute Gasteiger partial charge is 0.324 e. The van der Waals surface area contributed by atoms with E-state index in [9.17, 15) is 0 Å². The molecule has 2 heterocycles.